The van der Waals surface area contributed by atoms with Crippen molar-refractivity contribution in [2.24, 2.45) is 4.99 Å². The molecule has 2 aliphatic heterocycles. The van der Waals surface area contributed by atoms with E-state index in [0.717, 1.165) is 24.0 Å². The molecule has 31 heavy (non-hydrogen) atoms. The fourth-order valence-electron chi connectivity index (χ4n) is 4.85. The molecular weight excluding hydrogens is 406 g/mol. The summed E-state index contributed by atoms with van der Waals surface area (Å²) in [5, 5.41) is 2.96. The van der Waals surface area contributed by atoms with Gasteiger partial charge in [0.25, 0.3) is 5.91 Å². The summed E-state index contributed by atoms with van der Waals surface area (Å²) in [5.41, 5.74) is 1.64. The van der Waals surface area contributed by atoms with Crippen LogP contribution in [0.2, 0.25) is 24.7 Å². The van der Waals surface area contributed by atoms with Crippen LogP contribution in [0.4, 0.5) is 0 Å². The zero-order valence-electron chi connectivity index (χ0n) is 19.4. The number of amidine groups is 1. The van der Waals surface area contributed by atoms with Crippen molar-refractivity contribution in [3.05, 3.63) is 41.5 Å². The third kappa shape index (κ3) is 3.62. The molecule has 1 fully saturated rings. The van der Waals surface area contributed by atoms with Crippen LogP contribution in [0.1, 0.15) is 33.6 Å². The first-order chi connectivity index (χ1) is 14.5. The van der Waals surface area contributed by atoms with Crippen molar-refractivity contribution in [3.63, 3.8) is 0 Å². The Bertz CT molecular complexity index is 972. The Kier molecular flexibility index (Phi) is 5.15. The van der Waals surface area contributed by atoms with E-state index < -0.39 is 19.7 Å². The van der Waals surface area contributed by atoms with E-state index in [1.807, 2.05) is 49.1 Å². The number of para-hydroxylation sites is 1. The summed E-state index contributed by atoms with van der Waals surface area (Å²) in [6, 6.07) is 9.40. The summed E-state index contributed by atoms with van der Waals surface area (Å²) in [6.45, 7) is 13.6. The molecule has 6 nitrogen and oxygen atoms in total. The van der Waals surface area contributed by atoms with Crippen LogP contribution in [0.15, 0.2) is 46.5 Å². The van der Waals surface area contributed by atoms with Gasteiger partial charge in [0.1, 0.15) is 11.6 Å². The minimum atomic E-state index is -1.62. The van der Waals surface area contributed by atoms with E-state index in [2.05, 4.69) is 30.0 Å². The summed E-state index contributed by atoms with van der Waals surface area (Å²) >= 11 is 0. The maximum absolute atomic E-state index is 13.3. The molecule has 2 heterocycles. The summed E-state index contributed by atoms with van der Waals surface area (Å²) < 4.78 is 5.88. The fraction of sp³-hybridized carbons (Fsp3) is 0.542. The number of ether oxygens (including phenoxy) is 1. The second-order valence-corrected chi connectivity index (χ2v) is 15.9. The number of amides is 2. The molecule has 0 saturated heterocycles. The van der Waals surface area contributed by atoms with Crippen molar-refractivity contribution in [1.82, 2.24) is 10.2 Å². The van der Waals surface area contributed by atoms with Gasteiger partial charge in [0, 0.05) is 10.6 Å². The van der Waals surface area contributed by atoms with Crippen LogP contribution in [0.3, 0.4) is 0 Å². The molecule has 3 aliphatic rings. The normalized spacial score (nSPS) is 22.0. The Morgan fingerprint density at radius 2 is 1.81 bits per heavy atom. The highest BCUT2D eigenvalue weighted by molar-refractivity contribution is 6.83. The second kappa shape index (κ2) is 7.33. The molecule has 2 amide bonds. The molecule has 166 valence electrons. The van der Waals surface area contributed by atoms with Crippen molar-refractivity contribution < 1.29 is 14.3 Å². The lowest BCUT2D eigenvalue weighted by atomic mass is 9.94. The molecule has 1 aromatic rings. The van der Waals surface area contributed by atoms with Gasteiger partial charge in [-0.3, -0.25) is 14.6 Å². The maximum atomic E-state index is 13.3. The van der Waals surface area contributed by atoms with Crippen molar-refractivity contribution in [1.29, 1.82) is 0 Å². The van der Waals surface area contributed by atoms with Gasteiger partial charge in [-0.05, 0) is 51.3 Å². The Balaban J connectivity index is 1.47. The maximum Gasteiger partial charge on any atom is 0.264 e. The predicted octanol–water partition coefficient (Wildman–Crippen LogP) is 3.77. The van der Waals surface area contributed by atoms with Crippen LogP contribution in [0.25, 0.3) is 0 Å². The lowest BCUT2D eigenvalue weighted by Gasteiger charge is -2.36. The third-order valence-corrected chi connectivity index (χ3v) is 10.9. The Hall–Kier alpha value is -2.41. The van der Waals surface area contributed by atoms with Crippen molar-refractivity contribution in [2.75, 3.05) is 13.1 Å². The second-order valence-electron chi connectivity index (χ2n) is 10.5. The summed E-state index contributed by atoms with van der Waals surface area (Å²) in [4.78, 5) is 32.9. The Morgan fingerprint density at radius 3 is 2.39 bits per heavy atom. The number of aliphatic imine (C=N–C) groups is 1. The van der Waals surface area contributed by atoms with Gasteiger partial charge in [0.15, 0.2) is 6.10 Å². The minimum Gasteiger partial charge on any atom is -0.481 e. The summed E-state index contributed by atoms with van der Waals surface area (Å²) in [6.07, 6.45) is 1.34. The van der Waals surface area contributed by atoms with E-state index in [9.17, 15) is 9.59 Å². The average molecular weight is 440 g/mol. The van der Waals surface area contributed by atoms with Crippen LogP contribution in [-0.2, 0) is 9.59 Å². The van der Waals surface area contributed by atoms with Gasteiger partial charge in [0.2, 0.25) is 5.91 Å². The molecule has 4 rings (SSSR count). The van der Waals surface area contributed by atoms with Crippen molar-refractivity contribution in [2.45, 2.75) is 69.9 Å². The molecule has 1 aliphatic carbocycles. The molecule has 0 aromatic heterocycles. The zero-order valence-corrected chi connectivity index (χ0v) is 20.4. The van der Waals surface area contributed by atoms with Gasteiger partial charge in [-0.25, -0.2) is 0 Å². The first-order valence-corrected chi connectivity index (χ1v) is 14.6. The molecule has 1 atom stereocenters. The van der Waals surface area contributed by atoms with E-state index in [1.54, 1.807) is 6.92 Å². The van der Waals surface area contributed by atoms with Crippen molar-refractivity contribution >= 4 is 25.7 Å². The number of benzene rings is 1. The highest BCUT2D eigenvalue weighted by atomic mass is 28.3. The molecule has 0 spiro atoms. The number of carbonyl (C=O) groups excluding carboxylic acids is 2. The van der Waals surface area contributed by atoms with Gasteiger partial charge in [0.05, 0.1) is 26.7 Å². The van der Waals surface area contributed by atoms with Gasteiger partial charge < -0.3 is 15.0 Å². The topological polar surface area (TPSA) is 71.0 Å². The van der Waals surface area contributed by atoms with Crippen LogP contribution >= 0.6 is 0 Å². The third-order valence-electron chi connectivity index (χ3n) is 7.30. The van der Waals surface area contributed by atoms with Crippen molar-refractivity contribution in [3.8, 4) is 5.75 Å². The highest BCUT2D eigenvalue weighted by Gasteiger charge is 2.59. The monoisotopic (exact) mass is 439 g/mol. The smallest absolute Gasteiger partial charge is 0.264 e. The Labute approximate surface area is 185 Å². The van der Waals surface area contributed by atoms with Crippen LogP contribution in [-0.4, -0.2) is 55.4 Å². The number of hydrogen-bond donors (Lipinski definition) is 1. The lowest BCUT2D eigenvalue weighted by molar-refractivity contribution is -0.140. The molecule has 1 N–H and O–H groups in total. The SMILES string of the molecule is C[C@@H](Oc1ccccc1)C(=O)N1CC2=C(CN=C2NC(=O)C2([Si](C)(C)C)CC2)C1(C)C. The van der Waals surface area contributed by atoms with Crippen LogP contribution in [0.5, 0.6) is 5.75 Å². The lowest BCUT2D eigenvalue weighted by Crippen LogP contribution is -2.51. The quantitative estimate of drug-likeness (QED) is 0.710. The van der Waals surface area contributed by atoms with Gasteiger partial charge in [-0.15, -0.1) is 0 Å². The molecule has 1 saturated carbocycles. The highest BCUT2D eigenvalue weighted by Crippen LogP contribution is 2.60. The largest absolute Gasteiger partial charge is 0.481 e. The number of carbonyl (C=O) groups is 2. The van der Waals surface area contributed by atoms with Gasteiger partial charge in [-0.2, -0.15) is 0 Å². The van der Waals surface area contributed by atoms with Crippen LogP contribution in [0, 0.1) is 0 Å². The molecule has 1 aromatic carbocycles. The standard InChI is InChI=1S/C24H33N3O3Si/c1-16(30-17-10-8-7-9-11-17)21(28)27-15-18-19(23(27,2)3)14-25-20(18)26-22(29)24(12-13-24)31(4,5)6/h7-11,16H,12-15H2,1-6H3,(H,25,26,29)/t16-/m1/s1. The fourth-order valence-corrected chi connectivity index (χ4v) is 7.22. The average Bonchev–Trinajstić information content (AvgIpc) is 3.37. The molecule has 0 radical (unpaired) electrons. The van der Waals surface area contributed by atoms with E-state index in [0.29, 0.717) is 24.7 Å². The molecular formula is C24H33N3O3Si. The van der Waals surface area contributed by atoms with E-state index in [1.165, 1.54) is 0 Å². The molecule has 0 unspecified atom stereocenters. The summed E-state index contributed by atoms with van der Waals surface area (Å²) in [7, 11) is -1.62. The first kappa shape index (κ1) is 21.8. The van der Waals surface area contributed by atoms with E-state index >= 15 is 0 Å². The number of nitrogens with zero attached hydrogens (tertiary/aromatic N) is 2. The van der Waals surface area contributed by atoms with Crippen LogP contribution < -0.4 is 10.1 Å². The molecule has 7 heteroatoms. The van der Waals surface area contributed by atoms with E-state index in [-0.39, 0.29) is 16.9 Å². The number of rotatable bonds is 5. The van der Waals surface area contributed by atoms with Gasteiger partial charge in [-0.1, -0.05) is 37.8 Å². The zero-order chi connectivity index (χ0) is 22.6. The predicted molar refractivity (Wildman–Crippen MR) is 125 cm³/mol. The molecule has 0 bridgehead atoms. The number of hydrogen-bond acceptors (Lipinski definition) is 4. The minimum absolute atomic E-state index is 0.0605. The van der Waals surface area contributed by atoms with E-state index in [4.69, 9.17) is 4.74 Å². The Morgan fingerprint density at radius 1 is 1.16 bits per heavy atom. The number of nitrogens with one attached hydrogen (secondary N) is 1. The van der Waals surface area contributed by atoms with Gasteiger partial charge >= 0.3 is 0 Å². The summed E-state index contributed by atoms with van der Waals surface area (Å²) in [5.74, 6) is 1.39. The first-order valence-electron chi connectivity index (χ1n) is 11.1.